The summed E-state index contributed by atoms with van der Waals surface area (Å²) >= 11 is 0. The number of amides is 2. The number of benzene rings is 3. The summed E-state index contributed by atoms with van der Waals surface area (Å²) in [4.78, 5) is 43.1. The van der Waals surface area contributed by atoms with Crippen molar-refractivity contribution in [2.45, 2.75) is 221 Å². The fraction of sp³-hybridized carbons (Fsp3) is 0.691. The molecule has 0 bridgehead atoms. The summed E-state index contributed by atoms with van der Waals surface area (Å²) in [6.07, 6.45) is 7.31. The van der Waals surface area contributed by atoms with Crippen LogP contribution in [0.4, 0.5) is 0 Å². The molecule has 7 fully saturated rings. The predicted octanol–water partition coefficient (Wildman–Crippen LogP) is 12.9. The Bertz CT molecular complexity index is 2760. The average molecular weight is 1100 g/mol. The van der Waals surface area contributed by atoms with Crippen LogP contribution in [0.5, 0.6) is 0 Å². The van der Waals surface area contributed by atoms with E-state index in [1.165, 1.54) is 70.6 Å². The van der Waals surface area contributed by atoms with Crippen molar-refractivity contribution in [2.24, 2.45) is 62.6 Å². The lowest BCUT2D eigenvalue weighted by Gasteiger charge is -2.73. The van der Waals surface area contributed by atoms with Crippen LogP contribution in [-0.4, -0.2) is 95.7 Å². The van der Waals surface area contributed by atoms with Crippen molar-refractivity contribution in [1.82, 2.24) is 4.90 Å². The molecule has 11 rings (SSSR count). The largest absolute Gasteiger partial charge is 0.463 e. The fourth-order valence-corrected chi connectivity index (χ4v) is 19.2. The van der Waals surface area contributed by atoms with Crippen LogP contribution in [0, 0.1) is 62.6 Å². The molecular formula is C68H93NO11. The van der Waals surface area contributed by atoms with Crippen LogP contribution >= 0.6 is 0 Å². The highest BCUT2D eigenvalue weighted by Gasteiger charge is 2.70. The van der Waals surface area contributed by atoms with Gasteiger partial charge in [0.2, 0.25) is 0 Å². The quantitative estimate of drug-likeness (QED) is 0.102. The van der Waals surface area contributed by atoms with E-state index in [2.05, 4.69) is 48.5 Å². The number of carbonyl (C=O) groups excluding carboxylic acids is 3. The normalized spacial score (nSPS) is 40.1. The van der Waals surface area contributed by atoms with Gasteiger partial charge in [0.1, 0.15) is 43.1 Å². The third kappa shape index (κ3) is 10.3. The zero-order chi connectivity index (χ0) is 58.4. The maximum absolute atomic E-state index is 14.7. The van der Waals surface area contributed by atoms with Gasteiger partial charge in [-0.2, -0.15) is 0 Å². The van der Waals surface area contributed by atoms with E-state index in [4.69, 9.17) is 33.2 Å². The van der Waals surface area contributed by atoms with Gasteiger partial charge in [0.05, 0.1) is 39.8 Å². The molecule has 436 valence electrons. The van der Waals surface area contributed by atoms with E-state index in [0.29, 0.717) is 57.2 Å². The molecule has 0 spiro atoms. The number of nitrogens with zero attached hydrogens (tertiary/aromatic N) is 1. The van der Waals surface area contributed by atoms with E-state index >= 15 is 0 Å². The number of hydrogen-bond acceptors (Lipinski definition) is 11. The monoisotopic (exact) mass is 1100 g/mol. The van der Waals surface area contributed by atoms with Crippen molar-refractivity contribution in [3.8, 4) is 0 Å². The minimum Gasteiger partial charge on any atom is -0.463 e. The molecule has 3 aromatic rings. The Morgan fingerprint density at radius 1 is 0.675 bits per heavy atom. The van der Waals surface area contributed by atoms with Crippen LogP contribution in [0.3, 0.4) is 0 Å². The van der Waals surface area contributed by atoms with Gasteiger partial charge in [-0.3, -0.25) is 19.3 Å². The summed E-state index contributed by atoms with van der Waals surface area (Å²) in [6.45, 7) is 19.9. The number of fused-ring (bicyclic) bond motifs is 8. The van der Waals surface area contributed by atoms with E-state index in [0.717, 1.165) is 41.2 Å². The fourth-order valence-electron chi connectivity index (χ4n) is 19.2. The number of rotatable bonds is 17. The molecule has 0 aromatic heterocycles. The van der Waals surface area contributed by atoms with E-state index in [1.54, 1.807) is 38.1 Å². The van der Waals surface area contributed by atoms with E-state index in [1.807, 2.05) is 60.7 Å². The Hall–Kier alpha value is -4.01. The van der Waals surface area contributed by atoms with Crippen LogP contribution in [0.25, 0.3) is 0 Å². The number of imide groups is 1. The molecule has 5 saturated carbocycles. The van der Waals surface area contributed by atoms with Gasteiger partial charge >= 0.3 is 5.97 Å². The maximum atomic E-state index is 14.7. The number of aliphatic hydroxyl groups excluding tert-OH is 1. The zero-order valence-corrected chi connectivity index (χ0v) is 49.5. The SMILES string of the molecule is [2H]C([2H])(OC(C)=O)[C@H]1O[C@@H](OC[C@@H]2OC(C)(C)O[C@@H]2[C@H](O)CC[C@@H](C)[C@H]2CC[C@]3(C)[C@H]4CC[C@@H]5[C@@]6(C)CCCC(C)(C)[C@@H]6CC[C@@]5(C)[C@]4(C)CC[C@@H]23)[C@H](N2C(=O)c3ccccc3C2=O)[C@@H](OCc2ccccc2)[C@@H]1OCc1ccccc1. The van der Waals surface area contributed by atoms with Crippen LogP contribution < -0.4 is 0 Å². The minimum atomic E-state index is -2.84. The van der Waals surface area contributed by atoms with Crippen molar-refractivity contribution in [3.05, 3.63) is 107 Å². The molecule has 5 aliphatic carbocycles. The molecule has 12 nitrogen and oxygen atoms in total. The summed E-state index contributed by atoms with van der Waals surface area (Å²) in [5.41, 5.74) is 3.68. The topological polar surface area (TPSA) is 139 Å². The number of aliphatic hydroxyl groups is 1. The van der Waals surface area contributed by atoms with Crippen LogP contribution in [0.15, 0.2) is 84.9 Å². The highest BCUT2D eigenvalue weighted by Crippen LogP contribution is 2.78. The van der Waals surface area contributed by atoms with Gasteiger partial charge in [0, 0.05) is 6.92 Å². The third-order valence-corrected chi connectivity index (χ3v) is 23.0. The zero-order valence-electron chi connectivity index (χ0n) is 51.5. The Morgan fingerprint density at radius 3 is 1.89 bits per heavy atom. The van der Waals surface area contributed by atoms with Gasteiger partial charge < -0.3 is 38.3 Å². The summed E-state index contributed by atoms with van der Waals surface area (Å²) in [5, 5.41) is 12.3. The molecular weight excluding hydrogens is 1010 g/mol. The van der Waals surface area contributed by atoms with Crippen LogP contribution in [0.1, 0.15) is 187 Å². The molecule has 80 heavy (non-hydrogen) atoms. The Morgan fingerprint density at radius 2 is 1.26 bits per heavy atom. The van der Waals surface area contributed by atoms with E-state index < -0.39 is 79.1 Å². The molecule has 3 aliphatic heterocycles. The van der Waals surface area contributed by atoms with E-state index in [9.17, 15) is 22.2 Å². The van der Waals surface area contributed by atoms with Gasteiger partial charge in [-0.25, -0.2) is 0 Å². The average Bonchev–Trinajstić information content (AvgIpc) is 3.80. The molecule has 12 heteroatoms. The Kier molecular flexibility index (Phi) is 15.3. The lowest BCUT2D eigenvalue weighted by Crippen LogP contribution is -2.67. The van der Waals surface area contributed by atoms with Crippen molar-refractivity contribution in [2.75, 3.05) is 13.2 Å². The molecule has 2 saturated heterocycles. The minimum absolute atomic E-state index is 0.0356. The Balaban J connectivity index is 0.826. The Labute approximate surface area is 479 Å². The first kappa shape index (κ1) is 55.2. The van der Waals surface area contributed by atoms with Crippen molar-refractivity contribution in [3.63, 3.8) is 0 Å². The van der Waals surface area contributed by atoms with Gasteiger partial charge in [-0.1, -0.05) is 128 Å². The third-order valence-electron chi connectivity index (χ3n) is 23.0. The molecule has 18 atom stereocenters. The van der Waals surface area contributed by atoms with Crippen LogP contribution in [0.2, 0.25) is 0 Å². The lowest BCUT2D eigenvalue weighted by molar-refractivity contribution is -0.301. The van der Waals surface area contributed by atoms with Crippen molar-refractivity contribution in [1.29, 1.82) is 0 Å². The first-order valence-corrected chi connectivity index (χ1v) is 30.6. The predicted molar refractivity (Wildman–Crippen MR) is 305 cm³/mol. The summed E-state index contributed by atoms with van der Waals surface area (Å²) in [6, 6.07) is 23.8. The summed E-state index contributed by atoms with van der Waals surface area (Å²) in [7, 11) is 0. The van der Waals surface area contributed by atoms with Crippen molar-refractivity contribution < 1.29 is 55.4 Å². The summed E-state index contributed by atoms with van der Waals surface area (Å²) < 4.78 is 63.8. The molecule has 0 unspecified atom stereocenters. The second-order valence-corrected chi connectivity index (χ2v) is 28.1. The molecule has 3 heterocycles. The second-order valence-electron chi connectivity index (χ2n) is 28.1. The molecule has 3 aromatic carbocycles. The number of carbonyl (C=O) groups is 3. The standard InChI is InChI=1S/C68H93NO11/c1-42(46-30-35-65(7)49(46)31-36-67(9)54(65)28-29-55-66(8)34-19-33-63(3,4)53(66)32-37-68(55,67)10)26-27-50(71)57-52(79-64(5,6)80-57)41-77-62-56(69-60(72)47-24-17-18-25-48(47)61(69)73)59(76-39-45-22-15-12-16-23-45)58(51(78-62)40-74-43(2)70)75-38-44-20-13-11-14-21-44/h11-18,20-25,42,46,49-59,62,71H,19,26-41H2,1-10H3/t42-,46-,49+,50-,51-,52+,53+,54-,55-,56-,57-,58-,59-,62-,65+,66+,67-,68-/m1/s1/i40D2. The number of ether oxygens (including phenoxy) is 7. The molecule has 0 radical (unpaired) electrons. The maximum Gasteiger partial charge on any atom is 0.302 e. The van der Waals surface area contributed by atoms with Crippen molar-refractivity contribution >= 4 is 17.8 Å². The molecule has 1 N–H and O–H groups in total. The number of hydrogen-bond donors (Lipinski definition) is 1. The van der Waals surface area contributed by atoms with Gasteiger partial charge in [-0.15, -0.1) is 0 Å². The number of esters is 1. The highest BCUT2D eigenvalue weighted by molar-refractivity contribution is 6.21. The lowest BCUT2D eigenvalue weighted by atomic mass is 9.32. The van der Waals surface area contributed by atoms with Gasteiger partial charge in [0.25, 0.3) is 11.8 Å². The van der Waals surface area contributed by atoms with E-state index in [-0.39, 0.29) is 30.9 Å². The second kappa shape index (κ2) is 22.2. The molecule has 2 amide bonds. The van der Waals surface area contributed by atoms with Crippen LogP contribution in [-0.2, 0) is 51.2 Å². The van der Waals surface area contributed by atoms with Gasteiger partial charge in [0.15, 0.2) is 12.1 Å². The first-order valence-electron chi connectivity index (χ1n) is 31.6. The first-order chi connectivity index (χ1) is 38.8. The molecule has 8 aliphatic rings. The summed E-state index contributed by atoms with van der Waals surface area (Å²) in [5.74, 6) is 0.659. The smallest absolute Gasteiger partial charge is 0.302 e. The van der Waals surface area contributed by atoms with Gasteiger partial charge in [-0.05, 0) is 177 Å². The highest BCUT2D eigenvalue weighted by atomic mass is 16.8.